The molecular formula is C17H19N3O. The van der Waals surface area contributed by atoms with Crippen molar-refractivity contribution in [2.75, 3.05) is 24.3 Å². The Balaban J connectivity index is 2.22. The van der Waals surface area contributed by atoms with Crippen molar-refractivity contribution in [3.8, 4) is 11.8 Å². The fourth-order valence-corrected chi connectivity index (χ4v) is 2.24. The zero-order chi connectivity index (χ0) is 15.2. The van der Waals surface area contributed by atoms with Crippen LogP contribution in [0.3, 0.4) is 0 Å². The number of nitrogens with two attached hydrogens (primary N) is 1. The first kappa shape index (κ1) is 14.7. The maximum Gasteiger partial charge on any atom is 0.144 e. The highest BCUT2D eigenvalue weighted by molar-refractivity contribution is 5.73. The summed E-state index contributed by atoms with van der Waals surface area (Å²) in [7, 11) is 1.97. The van der Waals surface area contributed by atoms with Crippen LogP contribution in [0.25, 0.3) is 0 Å². The molecule has 2 aromatic carbocycles. The Kier molecular flexibility index (Phi) is 4.68. The first-order valence-electron chi connectivity index (χ1n) is 6.87. The molecule has 4 heteroatoms. The summed E-state index contributed by atoms with van der Waals surface area (Å²) in [4.78, 5) is 2.05. The van der Waals surface area contributed by atoms with Crippen LogP contribution in [0.4, 0.5) is 11.4 Å². The van der Waals surface area contributed by atoms with Gasteiger partial charge >= 0.3 is 0 Å². The number of anilines is 2. The number of rotatable bonds is 5. The van der Waals surface area contributed by atoms with Crippen LogP contribution in [0.5, 0.6) is 5.75 Å². The molecule has 0 aliphatic rings. The summed E-state index contributed by atoms with van der Waals surface area (Å²) in [6, 6.07) is 15.5. The Morgan fingerprint density at radius 1 is 1.24 bits per heavy atom. The second-order valence-electron chi connectivity index (χ2n) is 4.79. The van der Waals surface area contributed by atoms with Crippen LogP contribution in [0.2, 0.25) is 0 Å². The van der Waals surface area contributed by atoms with Crippen LogP contribution in [0, 0.1) is 11.3 Å². The molecule has 0 saturated carbocycles. The van der Waals surface area contributed by atoms with Crippen LogP contribution in [0.1, 0.15) is 18.1 Å². The maximum absolute atomic E-state index is 8.95. The third-order valence-electron chi connectivity index (χ3n) is 3.23. The van der Waals surface area contributed by atoms with Gasteiger partial charge in [-0.05, 0) is 36.8 Å². The predicted molar refractivity (Wildman–Crippen MR) is 85.3 cm³/mol. The highest BCUT2D eigenvalue weighted by Gasteiger charge is 2.10. The Morgan fingerprint density at radius 3 is 2.71 bits per heavy atom. The van der Waals surface area contributed by atoms with Crippen molar-refractivity contribution < 1.29 is 4.74 Å². The van der Waals surface area contributed by atoms with Gasteiger partial charge in [0.15, 0.2) is 0 Å². The lowest BCUT2D eigenvalue weighted by molar-refractivity contribution is 0.342. The lowest BCUT2D eigenvalue weighted by atomic mass is 10.1. The normalized spacial score (nSPS) is 9.95. The van der Waals surface area contributed by atoms with E-state index in [1.54, 1.807) is 6.07 Å². The van der Waals surface area contributed by atoms with Gasteiger partial charge in [0.2, 0.25) is 0 Å². The number of ether oxygens (including phenoxy) is 1. The number of para-hydroxylation sites is 1. The first-order chi connectivity index (χ1) is 10.2. The Hall–Kier alpha value is -2.67. The lowest BCUT2D eigenvalue weighted by Gasteiger charge is -2.22. The molecule has 0 aromatic heterocycles. The largest absolute Gasteiger partial charge is 0.492 e. The number of hydrogen-bond acceptors (Lipinski definition) is 4. The van der Waals surface area contributed by atoms with Gasteiger partial charge in [0.05, 0.1) is 29.6 Å². The summed E-state index contributed by atoms with van der Waals surface area (Å²) in [6.45, 7) is 3.19. The molecule has 0 aliphatic carbocycles. The summed E-state index contributed by atoms with van der Waals surface area (Å²) in [5, 5.41) is 8.95. The van der Waals surface area contributed by atoms with E-state index in [0.717, 1.165) is 11.3 Å². The average molecular weight is 281 g/mol. The number of nitrogens with zero attached hydrogens (tertiary/aromatic N) is 2. The summed E-state index contributed by atoms with van der Waals surface area (Å²) in [5.74, 6) is 0.702. The molecule has 0 fully saturated rings. The fraction of sp³-hybridized carbons (Fsp3) is 0.235. The van der Waals surface area contributed by atoms with Crippen LogP contribution >= 0.6 is 0 Å². The predicted octanol–water partition coefficient (Wildman–Crippen LogP) is 3.18. The van der Waals surface area contributed by atoms with Gasteiger partial charge in [-0.2, -0.15) is 5.26 Å². The molecule has 0 heterocycles. The van der Waals surface area contributed by atoms with E-state index >= 15 is 0 Å². The Labute approximate surface area is 125 Å². The number of benzene rings is 2. The second-order valence-corrected chi connectivity index (χ2v) is 4.79. The van der Waals surface area contributed by atoms with Crippen molar-refractivity contribution in [1.82, 2.24) is 0 Å². The van der Waals surface area contributed by atoms with Crippen LogP contribution in [-0.4, -0.2) is 13.7 Å². The van der Waals surface area contributed by atoms with E-state index in [0.29, 0.717) is 30.2 Å². The van der Waals surface area contributed by atoms with E-state index < -0.39 is 0 Å². The molecule has 0 bridgehead atoms. The molecule has 0 atom stereocenters. The van der Waals surface area contributed by atoms with E-state index in [9.17, 15) is 0 Å². The highest BCUT2D eigenvalue weighted by atomic mass is 16.5. The van der Waals surface area contributed by atoms with Crippen molar-refractivity contribution in [3.05, 3.63) is 53.6 Å². The second kappa shape index (κ2) is 6.67. The Bertz CT molecular complexity index is 661. The van der Waals surface area contributed by atoms with Gasteiger partial charge in [-0.1, -0.05) is 18.2 Å². The SMILES string of the molecule is CCOc1cccc(N(C)Cc2cccc(C#N)c2)c1N. The summed E-state index contributed by atoms with van der Waals surface area (Å²) < 4.78 is 5.52. The molecule has 0 radical (unpaired) electrons. The van der Waals surface area contributed by atoms with Crippen molar-refractivity contribution in [1.29, 1.82) is 5.26 Å². The van der Waals surface area contributed by atoms with E-state index in [4.69, 9.17) is 15.7 Å². The van der Waals surface area contributed by atoms with Gasteiger partial charge < -0.3 is 15.4 Å². The molecule has 0 amide bonds. The molecule has 4 nitrogen and oxygen atoms in total. The average Bonchev–Trinajstić information content (AvgIpc) is 2.49. The van der Waals surface area contributed by atoms with E-state index in [1.165, 1.54) is 0 Å². The molecular weight excluding hydrogens is 262 g/mol. The topological polar surface area (TPSA) is 62.3 Å². The number of nitriles is 1. The quantitative estimate of drug-likeness (QED) is 0.855. The summed E-state index contributed by atoms with van der Waals surface area (Å²) >= 11 is 0. The van der Waals surface area contributed by atoms with Gasteiger partial charge in [0.25, 0.3) is 0 Å². The zero-order valence-electron chi connectivity index (χ0n) is 12.3. The monoisotopic (exact) mass is 281 g/mol. The van der Waals surface area contributed by atoms with Gasteiger partial charge in [0.1, 0.15) is 5.75 Å². The van der Waals surface area contributed by atoms with Crippen LogP contribution < -0.4 is 15.4 Å². The minimum absolute atomic E-state index is 0.585. The minimum atomic E-state index is 0.585. The number of hydrogen-bond donors (Lipinski definition) is 1. The third-order valence-corrected chi connectivity index (χ3v) is 3.23. The summed E-state index contributed by atoms with van der Waals surface area (Å²) in [6.07, 6.45) is 0. The molecule has 21 heavy (non-hydrogen) atoms. The van der Waals surface area contributed by atoms with Gasteiger partial charge in [-0.3, -0.25) is 0 Å². The molecule has 2 N–H and O–H groups in total. The summed E-state index contributed by atoms with van der Waals surface area (Å²) in [5.41, 5.74) is 9.45. The smallest absolute Gasteiger partial charge is 0.144 e. The molecule has 0 spiro atoms. The zero-order valence-corrected chi connectivity index (χ0v) is 12.3. The Morgan fingerprint density at radius 2 is 2.00 bits per heavy atom. The van der Waals surface area contributed by atoms with Crippen molar-refractivity contribution in [3.63, 3.8) is 0 Å². The molecule has 2 aromatic rings. The minimum Gasteiger partial charge on any atom is -0.492 e. The van der Waals surface area contributed by atoms with Crippen LogP contribution in [-0.2, 0) is 6.54 Å². The molecule has 0 aliphatic heterocycles. The van der Waals surface area contributed by atoms with Gasteiger partial charge in [-0.25, -0.2) is 0 Å². The van der Waals surface area contributed by atoms with Gasteiger partial charge in [-0.15, -0.1) is 0 Å². The van der Waals surface area contributed by atoms with E-state index in [1.807, 2.05) is 55.3 Å². The number of nitrogen functional groups attached to an aromatic ring is 1. The first-order valence-corrected chi connectivity index (χ1v) is 6.87. The highest BCUT2D eigenvalue weighted by Crippen LogP contribution is 2.32. The maximum atomic E-state index is 8.95. The molecule has 108 valence electrons. The van der Waals surface area contributed by atoms with Crippen molar-refractivity contribution >= 4 is 11.4 Å². The van der Waals surface area contributed by atoms with E-state index in [2.05, 4.69) is 6.07 Å². The molecule has 0 unspecified atom stereocenters. The van der Waals surface area contributed by atoms with Gasteiger partial charge in [0, 0.05) is 13.6 Å². The standard InChI is InChI=1S/C17H19N3O/c1-3-21-16-9-5-8-15(17(16)19)20(2)12-14-7-4-6-13(10-14)11-18/h4-10H,3,12,19H2,1-2H3. The lowest BCUT2D eigenvalue weighted by Crippen LogP contribution is -2.18. The molecule has 0 saturated heterocycles. The van der Waals surface area contributed by atoms with Crippen molar-refractivity contribution in [2.24, 2.45) is 0 Å². The van der Waals surface area contributed by atoms with Crippen LogP contribution in [0.15, 0.2) is 42.5 Å². The fourth-order valence-electron chi connectivity index (χ4n) is 2.24. The third kappa shape index (κ3) is 3.46. The van der Waals surface area contributed by atoms with E-state index in [-0.39, 0.29) is 0 Å². The molecule has 2 rings (SSSR count). The van der Waals surface area contributed by atoms with Crippen molar-refractivity contribution in [2.45, 2.75) is 13.5 Å².